The lowest BCUT2D eigenvalue weighted by Crippen LogP contribution is -2.68. The molecular formula is C26H29N3O7. The maximum Gasteiger partial charge on any atom is 0.235 e. The van der Waals surface area contributed by atoms with Gasteiger partial charge in [-0.25, -0.2) is 0 Å². The molecule has 190 valence electrons. The van der Waals surface area contributed by atoms with Crippen LogP contribution in [0.2, 0.25) is 0 Å². The lowest BCUT2D eigenvalue weighted by atomic mass is 9.53. The van der Waals surface area contributed by atoms with E-state index in [0.29, 0.717) is 30.8 Å². The van der Waals surface area contributed by atoms with Gasteiger partial charge < -0.3 is 20.8 Å². The molecule has 5 atom stereocenters. The normalized spacial score (nSPS) is 31.8. The Morgan fingerprint density at radius 2 is 1.81 bits per heavy atom. The molecule has 0 spiro atoms. The van der Waals surface area contributed by atoms with Crippen LogP contribution in [0.5, 0.6) is 5.75 Å². The van der Waals surface area contributed by atoms with Gasteiger partial charge in [-0.05, 0) is 30.4 Å². The summed E-state index contributed by atoms with van der Waals surface area (Å²) in [6.07, 6.45) is 4.02. The lowest BCUT2D eigenvalue weighted by Gasteiger charge is -2.48. The molecule has 1 heterocycles. The first-order chi connectivity index (χ1) is 17.0. The van der Waals surface area contributed by atoms with Crippen molar-refractivity contribution in [3.8, 4) is 5.75 Å². The number of carbonyl (C=O) groups is 5. The van der Waals surface area contributed by atoms with Crippen molar-refractivity contribution in [1.82, 2.24) is 4.90 Å². The van der Waals surface area contributed by atoms with E-state index in [4.69, 9.17) is 5.73 Å². The molecule has 1 aromatic rings. The van der Waals surface area contributed by atoms with Crippen molar-refractivity contribution in [2.45, 2.75) is 31.4 Å². The molecule has 10 heteroatoms. The Hall–Kier alpha value is -3.37. The van der Waals surface area contributed by atoms with Gasteiger partial charge in [0.1, 0.15) is 5.75 Å². The molecule has 2 unspecified atom stereocenters. The van der Waals surface area contributed by atoms with Gasteiger partial charge in [0.25, 0.3) is 0 Å². The smallest absolute Gasteiger partial charge is 0.235 e. The Balaban J connectivity index is 1.59. The van der Waals surface area contributed by atoms with Gasteiger partial charge in [0.2, 0.25) is 5.91 Å². The summed E-state index contributed by atoms with van der Waals surface area (Å²) in [6.45, 7) is 1.82. The Morgan fingerprint density at radius 3 is 2.42 bits per heavy atom. The topological polar surface area (TPSA) is 158 Å². The molecule has 0 bridgehead atoms. The van der Waals surface area contributed by atoms with Crippen molar-refractivity contribution in [3.05, 3.63) is 34.9 Å². The predicted octanol–water partition coefficient (Wildman–Crippen LogP) is -0.235. The Labute approximate surface area is 207 Å². The fraction of sp³-hybridized carbons (Fsp3) is 0.500. The summed E-state index contributed by atoms with van der Waals surface area (Å²) in [4.78, 5) is 68.7. The number of nitrogens with two attached hydrogens (primary N) is 1. The molecule has 0 saturated heterocycles. The van der Waals surface area contributed by atoms with E-state index in [0.717, 1.165) is 5.69 Å². The average Bonchev–Trinajstić information content (AvgIpc) is 3.30. The number of hydrogen-bond acceptors (Lipinski definition) is 9. The summed E-state index contributed by atoms with van der Waals surface area (Å²) < 4.78 is 0. The van der Waals surface area contributed by atoms with E-state index in [-0.39, 0.29) is 30.6 Å². The zero-order chi connectivity index (χ0) is 26.1. The van der Waals surface area contributed by atoms with Crippen LogP contribution in [0.3, 0.4) is 0 Å². The first kappa shape index (κ1) is 24.3. The second kappa shape index (κ2) is 8.35. The minimum absolute atomic E-state index is 0.0331. The van der Waals surface area contributed by atoms with Crippen LogP contribution in [0.4, 0.5) is 5.69 Å². The third kappa shape index (κ3) is 3.35. The van der Waals surface area contributed by atoms with Crippen LogP contribution in [-0.4, -0.2) is 76.9 Å². The monoisotopic (exact) mass is 495 g/mol. The number of phenolic OH excluding ortho intramolecular Hbond substituents is 1. The third-order valence-electron chi connectivity index (χ3n) is 8.23. The van der Waals surface area contributed by atoms with E-state index in [1.54, 1.807) is 0 Å². The number of amides is 1. The molecule has 4 N–H and O–H groups in total. The van der Waals surface area contributed by atoms with Crippen LogP contribution in [-0.2, 0) is 32.1 Å². The van der Waals surface area contributed by atoms with Gasteiger partial charge in [0.15, 0.2) is 34.7 Å². The first-order valence-corrected chi connectivity index (χ1v) is 12.1. The van der Waals surface area contributed by atoms with Gasteiger partial charge in [-0.15, -0.1) is 0 Å². The number of carbonyl (C=O) groups excluding carboxylic acids is 5. The van der Waals surface area contributed by atoms with Crippen molar-refractivity contribution < 1.29 is 34.2 Å². The molecule has 2 fully saturated rings. The summed E-state index contributed by atoms with van der Waals surface area (Å²) in [5.41, 5.74) is 4.52. The number of phenols is 1. The van der Waals surface area contributed by atoms with Crippen LogP contribution < -0.4 is 10.6 Å². The quantitative estimate of drug-likeness (QED) is 0.379. The van der Waals surface area contributed by atoms with E-state index in [1.807, 2.05) is 37.2 Å². The lowest BCUT2D eigenvalue weighted by molar-refractivity contribution is -0.175. The highest BCUT2D eigenvalue weighted by molar-refractivity contribution is 6.31. The minimum Gasteiger partial charge on any atom is -0.507 e. The number of hydrogen-bond donors (Lipinski definition) is 3. The number of primary amides is 1. The number of aromatic hydroxyl groups is 1. The molecular weight excluding hydrogens is 466 g/mol. The summed E-state index contributed by atoms with van der Waals surface area (Å²) in [5.74, 6) is -9.91. The van der Waals surface area contributed by atoms with Crippen molar-refractivity contribution >= 4 is 34.7 Å². The fourth-order valence-corrected chi connectivity index (χ4v) is 6.48. The van der Waals surface area contributed by atoms with Gasteiger partial charge in [-0.2, -0.15) is 0 Å². The first-order valence-electron chi connectivity index (χ1n) is 12.1. The summed E-state index contributed by atoms with van der Waals surface area (Å²) in [6, 6.07) is 1.85. The maximum absolute atomic E-state index is 13.8. The molecule has 1 aliphatic heterocycles. The number of Topliss-reactive ketones (excluding diaryl/α,β-unsaturated/α-hetero) is 4. The number of fused-ring (bicyclic) bond motifs is 3. The van der Waals surface area contributed by atoms with Crippen molar-refractivity contribution in [2.24, 2.45) is 29.4 Å². The SMILES string of the molecule is CN(C)c1cc(CN2CC=CC2)c(O)c2c1C[C@H]1C[C@H]3CC(=O)C(C(N)=O)C(=O)[C@@]3(O)C(=O)C1C2=O. The zero-order valence-electron chi connectivity index (χ0n) is 20.2. The number of nitrogens with zero attached hydrogens (tertiary/aromatic N) is 2. The Morgan fingerprint density at radius 1 is 1.14 bits per heavy atom. The zero-order valence-corrected chi connectivity index (χ0v) is 20.2. The second-order valence-corrected chi connectivity index (χ2v) is 10.6. The van der Waals surface area contributed by atoms with Gasteiger partial charge in [-0.1, -0.05) is 12.2 Å². The molecule has 1 amide bonds. The van der Waals surface area contributed by atoms with Crippen LogP contribution in [0.25, 0.3) is 0 Å². The number of benzene rings is 1. The molecule has 4 aliphatic rings. The van der Waals surface area contributed by atoms with E-state index in [2.05, 4.69) is 4.90 Å². The van der Waals surface area contributed by atoms with Crippen molar-refractivity contribution in [3.63, 3.8) is 0 Å². The van der Waals surface area contributed by atoms with Gasteiger partial charge >= 0.3 is 0 Å². The third-order valence-corrected chi connectivity index (χ3v) is 8.23. The Kier molecular flexibility index (Phi) is 5.64. The van der Waals surface area contributed by atoms with E-state index >= 15 is 0 Å². The van der Waals surface area contributed by atoms with Gasteiger partial charge in [0, 0.05) is 57.3 Å². The number of aliphatic hydroxyl groups is 1. The fourth-order valence-electron chi connectivity index (χ4n) is 6.48. The van der Waals surface area contributed by atoms with Gasteiger partial charge in [0.05, 0.1) is 11.5 Å². The summed E-state index contributed by atoms with van der Waals surface area (Å²) in [5, 5.41) is 22.5. The van der Waals surface area contributed by atoms with Crippen LogP contribution >= 0.6 is 0 Å². The van der Waals surface area contributed by atoms with Gasteiger partial charge in [-0.3, -0.25) is 28.9 Å². The standard InChI is InChI=1S/C26H29N3O7/c1-28(2)16-9-13(11-29-5-3-4-6-29)21(31)19-15(16)8-12-7-14-10-17(30)20(25(27)35)24(34)26(14,36)23(33)18(12)22(19)32/h3-4,9,12,14,18,20,31,36H,5-8,10-11H2,1-2H3,(H2,27,35)/t12-,14+,18?,20?,26+/m1/s1. The van der Waals surface area contributed by atoms with E-state index < -0.39 is 58.3 Å². The molecule has 0 radical (unpaired) electrons. The van der Waals surface area contributed by atoms with E-state index in [1.165, 1.54) is 0 Å². The number of anilines is 1. The van der Waals surface area contributed by atoms with Crippen LogP contribution in [0, 0.1) is 23.7 Å². The highest BCUT2D eigenvalue weighted by Gasteiger charge is 2.66. The largest absolute Gasteiger partial charge is 0.507 e. The molecule has 36 heavy (non-hydrogen) atoms. The van der Waals surface area contributed by atoms with Crippen molar-refractivity contribution in [2.75, 3.05) is 32.1 Å². The van der Waals surface area contributed by atoms with Crippen molar-refractivity contribution in [1.29, 1.82) is 0 Å². The molecule has 2 saturated carbocycles. The summed E-state index contributed by atoms with van der Waals surface area (Å²) >= 11 is 0. The predicted molar refractivity (Wildman–Crippen MR) is 127 cm³/mol. The van der Waals surface area contributed by atoms with Crippen LogP contribution in [0.1, 0.15) is 34.3 Å². The van der Waals surface area contributed by atoms with Crippen LogP contribution in [0.15, 0.2) is 18.2 Å². The second-order valence-electron chi connectivity index (χ2n) is 10.6. The maximum atomic E-state index is 13.8. The number of rotatable bonds is 4. The molecule has 10 nitrogen and oxygen atoms in total. The highest BCUT2D eigenvalue weighted by Crippen LogP contribution is 2.51. The number of ketones is 4. The highest BCUT2D eigenvalue weighted by atomic mass is 16.3. The molecule has 5 rings (SSSR count). The minimum atomic E-state index is -2.64. The average molecular weight is 496 g/mol. The Bertz CT molecular complexity index is 1240. The van der Waals surface area contributed by atoms with E-state index in [9.17, 15) is 34.2 Å². The molecule has 3 aliphatic carbocycles. The molecule has 0 aromatic heterocycles. The molecule has 1 aromatic carbocycles. The summed E-state index contributed by atoms with van der Waals surface area (Å²) in [7, 11) is 3.66.